The van der Waals surface area contributed by atoms with Crippen LogP contribution in [0.25, 0.3) is 0 Å². The standard InChI is InChI=1S/C38H60N2O2/c1-11-15-16-20-30-24-31(22-28(9)36(30)34-23-27(34)8)39-29(10)40-37(26(7)12-2)33(14-4)38(42)32(13-3)35(41)21-18-17-19-25(5)6/h13-14,22,24-27,29,34,39H,11-12,15-21,23H2,1-10H3/b32-13-,33-14+,40-37-. The van der Waals surface area contributed by atoms with Gasteiger partial charge in [-0.2, -0.15) is 0 Å². The quantitative estimate of drug-likeness (QED) is 0.0586. The van der Waals surface area contributed by atoms with Crippen LogP contribution in [-0.2, 0) is 16.0 Å². The van der Waals surface area contributed by atoms with Gasteiger partial charge in [0.25, 0.3) is 0 Å². The molecule has 1 aromatic rings. The molecule has 4 nitrogen and oxygen atoms in total. The van der Waals surface area contributed by atoms with Crippen molar-refractivity contribution in [2.24, 2.45) is 22.7 Å². The van der Waals surface area contributed by atoms with Crippen LogP contribution in [0.5, 0.6) is 0 Å². The Kier molecular flexibility index (Phi) is 14.9. The molecular weight excluding hydrogens is 516 g/mol. The number of nitrogens with zero attached hydrogens (tertiary/aromatic N) is 1. The van der Waals surface area contributed by atoms with Crippen molar-refractivity contribution in [1.82, 2.24) is 0 Å². The Morgan fingerprint density at radius 2 is 1.67 bits per heavy atom. The molecule has 0 amide bonds. The molecule has 42 heavy (non-hydrogen) atoms. The van der Waals surface area contributed by atoms with Crippen LogP contribution >= 0.6 is 0 Å². The first-order chi connectivity index (χ1) is 20.0. The van der Waals surface area contributed by atoms with Gasteiger partial charge in [0.1, 0.15) is 6.17 Å². The van der Waals surface area contributed by atoms with Crippen molar-refractivity contribution >= 4 is 23.0 Å². The summed E-state index contributed by atoms with van der Waals surface area (Å²) in [7, 11) is 0. The Labute approximate surface area is 257 Å². The molecule has 1 aliphatic rings. The average Bonchev–Trinajstić information content (AvgIpc) is 3.66. The fourth-order valence-electron chi connectivity index (χ4n) is 6.05. The van der Waals surface area contributed by atoms with Crippen LogP contribution in [0.1, 0.15) is 143 Å². The number of rotatable bonds is 19. The molecule has 0 bridgehead atoms. The predicted molar refractivity (Wildman–Crippen MR) is 182 cm³/mol. The number of benzene rings is 1. The number of hydrogen-bond donors (Lipinski definition) is 1. The first-order valence-electron chi connectivity index (χ1n) is 16.9. The summed E-state index contributed by atoms with van der Waals surface area (Å²) in [6.45, 7) is 21.2. The predicted octanol–water partition coefficient (Wildman–Crippen LogP) is 10.3. The Bertz CT molecular complexity index is 1140. The molecule has 4 heteroatoms. The largest absolute Gasteiger partial charge is 0.364 e. The van der Waals surface area contributed by atoms with E-state index in [1.807, 2.05) is 13.0 Å². The molecule has 0 aromatic heterocycles. The van der Waals surface area contributed by atoms with Crippen molar-refractivity contribution in [3.05, 3.63) is 52.1 Å². The highest BCUT2D eigenvalue weighted by Crippen LogP contribution is 2.50. The summed E-state index contributed by atoms with van der Waals surface area (Å²) in [6, 6.07) is 4.62. The molecule has 1 saturated carbocycles. The van der Waals surface area contributed by atoms with Gasteiger partial charge in [0.2, 0.25) is 0 Å². The molecule has 234 valence electrons. The molecule has 4 atom stereocenters. The number of nitrogens with one attached hydrogen (secondary N) is 1. The maximum Gasteiger partial charge on any atom is 0.197 e. The van der Waals surface area contributed by atoms with Crippen molar-refractivity contribution in [1.29, 1.82) is 0 Å². The van der Waals surface area contributed by atoms with E-state index in [1.165, 1.54) is 36.8 Å². The van der Waals surface area contributed by atoms with Crippen molar-refractivity contribution < 1.29 is 9.59 Å². The molecule has 1 N–H and O–H groups in total. The maximum atomic E-state index is 13.8. The second-order valence-electron chi connectivity index (χ2n) is 13.1. The lowest BCUT2D eigenvalue weighted by atomic mass is 9.88. The van der Waals surface area contributed by atoms with Gasteiger partial charge in [0.15, 0.2) is 11.6 Å². The third kappa shape index (κ3) is 10.3. The lowest BCUT2D eigenvalue weighted by Crippen LogP contribution is -2.26. The van der Waals surface area contributed by atoms with E-state index in [0.717, 1.165) is 49.4 Å². The van der Waals surface area contributed by atoms with E-state index in [-0.39, 0.29) is 23.7 Å². The van der Waals surface area contributed by atoms with Gasteiger partial charge >= 0.3 is 0 Å². The van der Waals surface area contributed by atoms with Crippen LogP contribution < -0.4 is 5.32 Å². The molecule has 0 heterocycles. The van der Waals surface area contributed by atoms with E-state index in [0.29, 0.717) is 29.4 Å². The number of Topliss-reactive ketones (excluding diaryl/α,β-unsaturated/α-hetero) is 2. The topological polar surface area (TPSA) is 58.5 Å². The van der Waals surface area contributed by atoms with E-state index < -0.39 is 0 Å². The number of aryl methyl sites for hydroxylation is 2. The summed E-state index contributed by atoms with van der Waals surface area (Å²) < 4.78 is 0. The Morgan fingerprint density at radius 1 is 1.00 bits per heavy atom. The van der Waals surface area contributed by atoms with E-state index >= 15 is 0 Å². The van der Waals surface area contributed by atoms with Gasteiger partial charge in [-0.1, -0.05) is 79.4 Å². The highest BCUT2D eigenvalue weighted by Gasteiger charge is 2.36. The summed E-state index contributed by atoms with van der Waals surface area (Å²) in [5, 5.41) is 3.64. The maximum absolute atomic E-state index is 13.8. The molecule has 0 saturated heterocycles. The molecule has 0 radical (unpaired) electrons. The Morgan fingerprint density at radius 3 is 2.21 bits per heavy atom. The van der Waals surface area contributed by atoms with Crippen LogP contribution in [0.2, 0.25) is 0 Å². The minimum Gasteiger partial charge on any atom is -0.364 e. The van der Waals surface area contributed by atoms with Gasteiger partial charge in [0, 0.05) is 17.7 Å². The van der Waals surface area contributed by atoms with Crippen LogP contribution in [0.4, 0.5) is 5.69 Å². The van der Waals surface area contributed by atoms with Crippen LogP contribution in [0.15, 0.2) is 40.4 Å². The zero-order valence-corrected chi connectivity index (χ0v) is 28.5. The minimum absolute atomic E-state index is 0.0589. The van der Waals surface area contributed by atoms with Gasteiger partial charge in [-0.3, -0.25) is 14.6 Å². The van der Waals surface area contributed by atoms with Crippen molar-refractivity contribution in [3.63, 3.8) is 0 Å². The van der Waals surface area contributed by atoms with Crippen molar-refractivity contribution in [3.8, 4) is 0 Å². The number of aliphatic imine (C=N–C) groups is 1. The molecule has 1 fully saturated rings. The molecular formula is C38H60N2O2. The van der Waals surface area contributed by atoms with Crippen molar-refractivity contribution in [2.75, 3.05) is 5.32 Å². The zero-order valence-electron chi connectivity index (χ0n) is 28.5. The van der Waals surface area contributed by atoms with E-state index in [9.17, 15) is 9.59 Å². The third-order valence-electron chi connectivity index (χ3n) is 8.87. The summed E-state index contributed by atoms with van der Waals surface area (Å²) in [5.41, 5.74) is 7.13. The zero-order chi connectivity index (χ0) is 31.4. The van der Waals surface area contributed by atoms with Crippen LogP contribution in [0, 0.1) is 24.7 Å². The van der Waals surface area contributed by atoms with E-state index in [2.05, 4.69) is 72.8 Å². The summed E-state index contributed by atoms with van der Waals surface area (Å²) in [6.07, 6.45) is 13.6. The van der Waals surface area contributed by atoms with E-state index in [4.69, 9.17) is 4.99 Å². The number of carbonyl (C=O) groups excluding carboxylic acids is 2. The second-order valence-corrected chi connectivity index (χ2v) is 13.1. The number of carbonyl (C=O) groups is 2. The van der Waals surface area contributed by atoms with Gasteiger partial charge in [-0.15, -0.1) is 0 Å². The van der Waals surface area contributed by atoms with Gasteiger partial charge in [0.05, 0.1) is 11.3 Å². The molecule has 4 unspecified atom stereocenters. The first-order valence-corrected chi connectivity index (χ1v) is 16.9. The molecule has 0 aliphatic heterocycles. The first kappa shape index (κ1) is 35.7. The monoisotopic (exact) mass is 576 g/mol. The van der Waals surface area contributed by atoms with Gasteiger partial charge in [-0.25, -0.2) is 0 Å². The summed E-state index contributed by atoms with van der Waals surface area (Å²) in [5.74, 6) is 1.94. The Hall–Kier alpha value is -2.49. The molecule has 1 aliphatic carbocycles. The summed E-state index contributed by atoms with van der Waals surface area (Å²) >= 11 is 0. The average molecular weight is 577 g/mol. The lowest BCUT2D eigenvalue weighted by molar-refractivity contribution is -0.119. The highest BCUT2D eigenvalue weighted by molar-refractivity contribution is 6.36. The van der Waals surface area contributed by atoms with Crippen LogP contribution in [0.3, 0.4) is 0 Å². The number of ketones is 2. The smallest absolute Gasteiger partial charge is 0.197 e. The number of unbranched alkanes of at least 4 members (excludes halogenated alkanes) is 3. The van der Waals surface area contributed by atoms with E-state index in [1.54, 1.807) is 18.6 Å². The van der Waals surface area contributed by atoms with Crippen LogP contribution in [-0.4, -0.2) is 23.4 Å². The normalized spacial score (nSPS) is 19.2. The van der Waals surface area contributed by atoms with Gasteiger partial charge in [-0.05, 0) is 112 Å². The molecule has 1 aromatic carbocycles. The highest BCUT2D eigenvalue weighted by atomic mass is 16.1. The number of allylic oxidation sites excluding steroid dienone is 4. The number of hydrogen-bond acceptors (Lipinski definition) is 4. The minimum atomic E-state index is -0.217. The Balaban J connectivity index is 2.30. The summed E-state index contributed by atoms with van der Waals surface area (Å²) in [4.78, 5) is 32.0. The second kappa shape index (κ2) is 17.6. The molecule has 2 rings (SSSR count). The SMILES string of the molecule is C/C=C(/C(=O)CCCCC(C)C)C(=O)C(=C/C)/C(=N\C(C)Nc1cc(C)c(C2CC2C)c(CCCCC)c1)C(C)CC. The van der Waals surface area contributed by atoms with Gasteiger partial charge < -0.3 is 5.32 Å². The third-order valence-corrected chi connectivity index (χ3v) is 8.87. The fourth-order valence-corrected chi connectivity index (χ4v) is 6.05. The fraction of sp³-hybridized carbons (Fsp3) is 0.658. The molecule has 0 spiro atoms. The van der Waals surface area contributed by atoms with Crippen molar-refractivity contribution in [2.45, 2.75) is 146 Å². The lowest BCUT2D eigenvalue weighted by Gasteiger charge is -2.21. The number of anilines is 1.